The van der Waals surface area contributed by atoms with Gasteiger partial charge in [-0.1, -0.05) is 41.4 Å². The van der Waals surface area contributed by atoms with Crippen molar-refractivity contribution in [3.8, 4) is 11.5 Å². The van der Waals surface area contributed by atoms with Crippen molar-refractivity contribution in [2.75, 3.05) is 0 Å². The van der Waals surface area contributed by atoms with E-state index in [4.69, 9.17) is 33.0 Å². The number of rotatable bonds is 6. The van der Waals surface area contributed by atoms with Gasteiger partial charge in [0.1, 0.15) is 11.5 Å². The quantitative estimate of drug-likeness (QED) is 0.347. The van der Waals surface area contributed by atoms with Crippen LogP contribution in [0.3, 0.4) is 0 Å². The number of hydrogen-bond donors (Lipinski definition) is 2. The van der Waals surface area contributed by atoms with Gasteiger partial charge in [-0.15, -0.1) is 0 Å². The summed E-state index contributed by atoms with van der Waals surface area (Å²) in [6.45, 7) is 1.85. The van der Waals surface area contributed by atoms with Crippen LogP contribution in [0.25, 0.3) is 10.9 Å². The average Bonchev–Trinajstić information content (AvgIpc) is 3.08. The first-order valence-corrected chi connectivity index (χ1v) is 10.2. The molecule has 0 bridgehead atoms. The molecule has 0 fully saturated rings. The number of nitrogens with one attached hydrogen (secondary N) is 1. The van der Waals surface area contributed by atoms with Crippen LogP contribution in [-0.2, 0) is 17.6 Å². The number of H-pyrrole nitrogens is 1. The summed E-state index contributed by atoms with van der Waals surface area (Å²) in [5, 5.41) is 11.2. The third-order valence-corrected chi connectivity index (χ3v) is 5.44. The molecular formula is C24H19Cl2NO3. The molecule has 6 heteroatoms. The number of ether oxygens (including phenoxy) is 1. The highest BCUT2D eigenvalue weighted by atomic mass is 35.5. The van der Waals surface area contributed by atoms with Crippen LogP contribution in [0.4, 0.5) is 0 Å². The number of hydrogen-bond acceptors (Lipinski definition) is 2. The molecule has 152 valence electrons. The van der Waals surface area contributed by atoms with Crippen LogP contribution in [0.2, 0.25) is 10.0 Å². The molecule has 1 aromatic heterocycles. The summed E-state index contributed by atoms with van der Waals surface area (Å²) in [7, 11) is 0. The summed E-state index contributed by atoms with van der Waals surface area (Å²) in [6, 6.07) is 17.1. The lowest BCUT2D eigenvalue weighted by molar-refractivity contribution is -0.136. The number of halogens is 2. The van der Waals surface area contributed by atoms with Gasteiger partial charge in [0.25, 0.3) is 0 Å². The zero-order valence-corrected chi connectivity index (χ0v) is 17.7. The molecule has 0 spiro atoms. The molecule has 4 aromatic rings. The van der Waals surface area contributed by atoms with Crippen LogP contribution in [0.5, 0.6) is 11.5 Å². The first kappa shape index (κ1) is 20.3. The summed E-state index contributed by atoms with van der Waals surface area (Å²) in [5.41, 5.74) is 4.76. The Balaban J connectivity index is 1.62. The van der Waals surface area contributed by atoms with Gasteiger partial charge in [0.05, 0.1) is 11.4 Å². The van der Waals surface area contributed by atoms with E-state index in [-0.39, 0.29) is 6.42 Å². The third kappa shape index (κ3) is 4.45. The fourth-order valence-electron chi connectivity index (χ4n) is 3.52. The second kappa shape index (κ2) is 8.42. The molecule has 0 unspecified atom stereocenters. The standard InChI is InChI=1S/C24H19Cl2NO3/c1-14-8-16(11-23(28)29)10-21(26)24(14)30-19-6-7-22-20(12-19)17(13-27-22)9-15-2-4-18(25)5-3-15/h2-8,10,12-13,27H,9,11H2,1H3,(H,28,29). The Bertz CT molecular complexity index is 1210. The number of aromatic nitrogens is 1. The van der Waals surface area contributed by atoms with Crippen LogP contribution in [-0.4, -0.2) is 16.1 Å². The second-order valence-corrected chi connectivity index (χ2v) is 8.06. The summed E-state index contributed by atoms with van der Waals surface area (Å²) < 4.78 is 6.09. The number of aromatic amines is 1. The summed E-state index contributed by atoms with van der Waals surface area (Å²) in [4.78, 5) is 14.3. The van der Waals surface area contributed by atoms with Crippen LogP contribution >= 0.6 is 23.2 Å². The predicted molar refractivity (Wildman–Crippen MR) is 120 cm³/mol. The predicted octanol–water partition coefficient (Wildman–Crippen LogP) is 6.79. The van der Waals surface area contributed by atoms with Gasteiger partial charge in [0.15, 0.2) is 0 Å². The van der Waals surface area contributed by atoms with Crippen LogP contribution < -0.4 is 4.74 Å². The van der Waals surface area contributed by atoms with Gasteiger partial charge in [-0.25, -0.2) is 0 Å². The molecular weight excluding hydrogens is 421 g/mol. The lowest BCUT2D eigenvalue weighted by atomic mass is 10.0. The maximum Gasteiger partial charge on any atom is 0.307 e. The molecule has 0 aliphatic carbocycles. The van der Waals surface area contributed by atoms with Gasteiger partial charge in [-0.05, 0) is 72.0 Å². The van der Waals surface area contributed by atoms with Crippen molar-refractivity contribution >= 4 is 40.1 Å². The molecule has 0 saturated heterocycles. The minimum absolute atomic E-state index is 0.0792. The van der Waals surface area contributed by atoms with Crippen molar-refractivity contribution in [1.29, 1.82) is 0 Å². The van der Waals surface area contributed by atoms with E-state index in [1.54, 1.807) is 12.1 Å². The van der Waals surface area contributed by atoms with E-state index >= 15 is 0 Å². The van der Waals surface area contributed by atoms with E-state index in [0.717, 1.165) is 33.5 Å². The molecule has 4 rings (SSSR count). The number of benzene rings is 3. The Morgan fingerprint density at radius 2 is 1.80 bits per heavy atom. The highest BCUT2D eigenvalue weighted by Gasteiger charge is 2.13. The van der Waals surface area contributed by atoms with E-state index < -0.39 is 5.97 Å². The maximum absolute atomic E-state index is 11.0. The van der Waals surface area contributed by atoms with Crippen molar-refractivity contribution in [3.63, 3.8) is 0 Å². The van der Waals surface area contributed by atoms with Crippen molar-refractivity contribution in [3.05, 3.63) is 93.1 Å². The smallest absolute Gasteiger partial charge is 0.307 e. The van der Waals surface area contributed by atoms with E-state index in [1.807, 2.05) is 55.6 Å². The van der Waals surface area contributed by atoms with E-state index in [9.17, 15) is 4.79 Å². The Morgan fingerprint density at radius 3 is 2.50 bits per heavy atom. The minimum Gasteiger partial charge on any atom is -0.481 e. The molecule has 3 aromatic carbocycles. The van der Waals surface area contributed by atoms with E-state index in [0.29, 0.717) is 22.1 Å². The summed E-state index contributed by atoms with van der Waals surface area (Å²) in [5.74, 6) is 0.292. The second-order valence-electron chi connectivity index (χ2n) is 7.22. The molecule has 0 aliphatic heterocycles. The number of aryl methyl sites for hydroxylation is 1. The third-order valence-electron chi connectivity index (χ3n) is 4.91. The molecule has 0 amide bonds. The highest BCUT2D eigenvalue weighted by molar-refractivity contribution is 6.32. The average molecular weight is 440 g/mol. The minimum atomic E-state index is -0.898. The molecule has 0 aliphatic rings. The van der Waals surface area contributed by atoms with E-state index in [1.165, 1.54) is 5.56 Å². The van der Waals surface area contributed by atoms with Crippen LogP contribution in [0.15, 0.2) is 60.8 Å². The topological polar surface area (TPSA) is 62.3 Å². The molecule has 30 heavy (non-hydrogen) atoms. The summed E-state index contributed by atoms with van der Waals surface area (Å²) in [6.07, 6.45) is 2.69. The number of aliphatic carboxylic acids is 1. The lowest BCUT2D eigenvalue weighted by Crippen LogP contribution is -2.01. The van der Waals surface area contributed by atoms with Crippen molar-refractivity contribution in [2.45, 2.75) is 19.8 Å². The number of carboxylic acid groups (broad SMARTS) is 1. The normalized spacial score (nSPS) is 11.0. The molecule has 2 N–H and O–H groups in total. The largest absolute Gasteiger partial charge is 0.481 e. The fraction of sp³-hybridized carbons (Fsp3) is 0.125. The van der Waals surface area contributed by atoms with Crippen molar-refractivity contribution in [1.82, 2.24) is 4.98 Å². The molecule has 4 nitrogen and oxygen atoms in total. The maximum atomic E-state index is 11.0. The number of carbonyl (C=O) groups is 1. The molecule has 0 saturated carbocycles. The molecule has 0 atom stereocenters. The zero-order valence-electron chi connectivity index (χ0n) is 16.2. The molecule has 1 heterocycles. The Morgan fingerprint density at radius 1 is 1.03 bits per heavy atom. The fourth-order valence-corrected chi connectivity index (χ4v) is 3.97. The summed E-state index contributed by atoms with van der Waals surface area (Å²) >= 11 is 12.4. The monoisotopic (exact) mass is 439 g/mol. The first-order valence-electron chi connectivity index (χ1n) is 9.42. The zero-order chi connectivity index (χ0) is 21.3. The van der Waals surface area contributed by atoms with Crippen molar-refractivity contribution < 1.29 is 14.6 Å². The SMILES string of the molecule is Cc1cc(CC(=O)O)cc(Cl)c1Oc1ccc2[nH]cc(Cc3ccc(Cl)cc3)c2c1. The highest BCUT2D eigenvalue weighted by Crippen LogP contribution is 2.35. The van der Waals surface area contributed by atoms with Gasteiger partial charge in [0, 0.05) is 22.1 Å². The van der Waals surface area contributed by atoms with Gasteiger partial charge >= 0.3 is 5.97 Å². The molecule has 0 radical (unpaired) electrons. The Hall–Kier alpha value is -2.95. The Kier molecular flexibility index (Phi) is 5.71. The van der Waals surface area contributed by atoms with Gasteiger partial charge in [-0.2, -0.15) is 0 Å². The van der Waals surface area contributed by atoms with Gasteiger partial charge in [0.2, 0.25) is 0 Å². The van der Waals surface area contributed by atoms with E-state index in [2.05, 4.69) is 4.98 Å². The number of fused-ring (bicyclic) bond motifs is 1. The van der Waals surface area contributed by atoms with Gasteiger partial charge < -0.3 is 14.8 Å². The number of carboxylic acids is 1. The lowest BCUT2D eigenvalue weighted by Gasteiger charge is -2.13. The first-order chi connectivity index (χ1) is 14.4. The van der Waals surface area contributed by atoms with Gasteiger partial charge in [-0.3, -0.25) is 4.79 Å². The Labute approximate surface area is 184 Å². The van der Waals surface area contributed by atoms with Crippen LogP contribution in [0.1, 0.15) is 22.3 Å². The van der Waals surface area contributed by atoms with Crippen LogP contribution in [0, 0.1) is 6.92 Å². The van der Waals surface area contributed by atoms with Crippen molar-refractivity contribution in [2.24, 2.45) is 0 Å².